The van der Waals surface area contributed by atoms with Crippen molar-refractivity contribution in [2.75, 3.05) is 12.3 Å². The SMILES string of the molecule is CCC(CC)NC(=O)C(C)NCC1CCCS1. The number of rotatable bonds is 7. The fraction of sp³-hybridized carbons (Fsp3) is 0.923. The van der Waals surface area contributed by atoms with Crippen LogP contribution in [-0.4, -0.2) is 35.5 Å². The van der Waals surface area contributed by atoms with Crippen LogP contribution in [0.3, 0.4) is 0 Å². The van der Waals surface area contributed by atoms with Crippen molar-refractivity contribution in [1.29, 1.82) is 0 Å². The lowest BCUT2D eigenvalue weighted by molar-refractivity contribution is -0.123. The number of carbonyl (C=O) groups excluding carboxylic acids is 1. The Bertz CT molecular complexity index is 225. The molecule has 1 heterocycles. The van der Waals surface area contributed by atoms with E-state index in [2.05, 4.69) is 24.5 Å². The molecule has 1 rings (SSSR count). The van der Waals surface area contributed by atoms with E-state index in [1.54, 1.807) is 0 Å². The van der Waals surface area contributed by atoms with E-state index >= 15 is 0 Å². The highest BCUT2D eigenvalue weighted by molar-refractivity contribution is 8.00. The first-order valence-electron chi connectivity index (χ1n) is 6.82. The fourth-order valence-electron chi connectivity index (χ4n) is 2.03. The Hall–Kier alpha value is -0.220. The second kappa shape index (κ2) is 7.98. The van der Waals surface area contributed by atoms with Gasteiger partial charge in [0.2, 0.25) is 5.91 Å². The summed E-state index contributed by atoms with van der Waals surface area (Å²) in [7, 11) is 0. The number of hydrogen-bond acceptors (Lipinski definition) is 3. The Morgan fingerprint density at radius 2 is 2.12 bits per heavy atom. The maximum Gasteiger partial charge on any atom is 0.237 e. The van der Waals surface area contributed by atoms with Gasteiger partial charge < -0.3 is 10.6 Å². The van der Waals surface area contributed by atoms with E-state index in [1.165, 1.54) is 18.6 Å². The van der Waals surface area contributed by atoms with Crippen LogP contribution in [0.5, 0.6) is 0 Å². The van der Waals surface area contributed by atoms with Crippen molar-refractivity contribution >= 4 is 17.7 Å². The standard InChI is InChI=1S/C13H26N2OS/c1-4-11(5-2)15-13(16)10(3)14-9-12-7-6-8-17-12/h10-12,14H,4-9H2,1-3H3,(H,15,16). The van der Waals surface area contributed by atoms with E-state index in [0.717, 1.165) is 19.4 Å². The number of hydrogen-bond donors (Lipinski definition) is 2. The van der Waals surface area contributed by atoms with Crippen LogP contribution in [-0.2, 0) is 4.79 Å². The van der Waals surface area contributed by atoms with E-state index in [4.69, 9.17) is 0 Å². The number of amides is 1. The van der Waals surface area contributed by atoms with Gasteiger partial charge in [-0.15, -0.1) is 0 Å². The van der Waals surface area contributed by atoms with Crippen LogP contribution in [0.25, 0.3) is 0 Å². The Kier molecular flexibility index (Phi) is 6.97. The zero-order valence-electron chi connectivity index (χ0n) is 11.3. The van der Waals surface area contributed by atoms with Crippen molar-refractivity contribution in [2.24, 2.45) is 0 Å². The zero-order valence-corrected chi connectivity index (χ0v) is 12.1. The summed E-state index contributed by atoms with van der Waals surface area (Å²) in [5, 5.41) is 7.14. The van der Waals surface area contributed by atoms with Gasteiger partial charge in [-0.3, -0.25) is 4.79 Å². The Morgan fingerprint density at radius 3 is 2.65 bits per heavy atom. The first-order chi connectivity index (χ1) is 8.17. The predicted octanol–water partition coefficient (Wildman–Crippen LogP) is 2.16. The van der Waals surface area contributed by atoms with Crippen molar-refractivity contribution < 1.29 is 4.79 Å². The molecule has 1 aliphatic rings. The summed E-state index contributed by atoms with van der Waals surface area (Å²) in [6, 6.07) is 0.254. The second-order valence-corrected chi connectivity index (χ2v) is 6.20. The molecule has 1 aliphatic heterocycles. The van der Waals surface area contributed by atoms with Crippen LogP contribution in [0.1, 0.15) is 46.5 Å². The summed E-state index contributed by atoms with van der Waals surface area (Å²) in [6.45, 7) is 7.14. The third kappa shape index (κ3) is 5.30. The molecule has 0 aliphatic carbocycles. The fourth-order valence-corrected chi connectivity index (χ4v) is 3.24. The molecule has 0 bridgehead atoms. The molecule has 0 spiro atoms. The van der Waals surface area contributed by atoms with Gasteiger partial charge in [-0.25, -0.2) is 0 Å². The third-order valence-corrected chi connectivity index (χ3v) is 4.80. The van der Waals surface area contributed by atoms with Crippen molar-refractivity contribution in [1.82, 2.24) is 10.6 Å². The topological polar surface area (TPSA) is 41.1 Å². The molecule has 4 heteroatoms. The van der Waals surface area contributed by atoms with Crippen LogP contribution in [0.15, 0.2) is 0 Å². The minimum Gasteiger partial charge on any atom is -0.352 e. The number of thioether (sulfide) groups is 1. The molecule has 3 nitrogen and oxygen atoms in total. The van der Waals surface area contributed by atoms with Gasteiger partial charge in [-0.1, -0.05) is 13.8 Å². The quantitative estimate of drug-likeness (QED) is 0.735. The summed E-state index contributed by atoms with van der Waals surface area (Å²) in [4.78, 5) is 11.9. The average Bonchev–Trinajstić information content (AvgIpc) is 2.85. The van der Waals surface area contributed by atoms with Gasteiger partial charge in [0.05, 0.1) is 6.04 Å². The monoisotopic (exact) mass is 258 g/mol. The van der Waals surface area contributed by atoms with Crippen LogP contribution < -0.4 is 10.6 Å². The van der Waals surface area contributed by atoms with Crippen LogP contribution >= 0.6 is 11.8 Å². The van der Waals surface area contributed by atoms with Crippen molar-refractivity contribution in [2.45, 2.75) is 63.8 Å². The third-order valence-electron chi connectivity index (χ3n) is 3.40. The van der Waals surface area contributed by atoms with Crippen molar-refractivity contribution in [3.8, 4) is 0 Å². The molecule has 1 fully saturated rings. The highest BCUT2D eigenvalue weighted by Crippen LogP contribution is 2.25. The van der Waals surface area contributed by atoms with E-state index in [9.17, 15) is 4.79 Å². The Labute approximate surface area is 109 Å². The molecule has 0 aromatic rings. The molecule has 2 N–H and O–H groups in total. The van der Waals surface area contributed by atoms with Gasteiger partial charge in [0.15, 0.2) is 0 Å². The lowest BCUT2D eigenvalue weighted by Crippen LogP contribution is -2.47. The van der Waals surface area contributed by atoms with Crippen LogP contribution in [0.4, 0.5) is 0 Å². The molecule has 0 aromatic heterocycles. The lowest BCUT2D eigenvalue weighted by Gasteiger charge is -2.20. The molecule has 2 atom stereocenters. The molecule has 0 saturated carbocycles. The predicted molar refractivity (Wildman–Crippen MR) is 75.5 cm³/mol. The smallest absolute Gasteiger partial charge is 0.237 e. The Morgan fingerprint density at radius 1 is 1.41 bits per heavy atom. The van der Waals surface area contributed by atoms with Gasteiger partial charge in [0.1, 0.15) is 0 Å². The van der Waals surface area contributed by atoms with Crippen LogP contribution in [0.2, 0.25) is 0 Å². The molecule has 0 aromatic carbocycles. The first kappa shape index (κ1) is 14.8. The summed E-state index contributed by atoms with van der Waals surface area (Å²) >= 11 is 2.02. The molecule has 1 amide bonds. The minimum absolute atomic E-state index is 0.0724. The van der Waals surface area contributed by atoms with Gasteiger partial charge in [-0.2, -0.15) is 11.8 Å². The van der Waals surface area contributed by atoms with Crippen molar-refractivity contribution in [3.63, 3.8) is 0 Å². The maximum atomic E-state index is 11.9. The normalized spacial score (nSPS) is 21.8. The van der Waals surface area contributed by atoms with E-state index < -0.39 is 0 Å². The van der Waals surface area contributed by atoms with Gasteiger partial charge >= 0.3 is 0 Å². The molecule has 17 heavy (non-hydrogen) atoms. The summed E-state index contributed by atoms with van der Waals surface area (Å²) in [5.74, 6) is 1.42. The van der Waals surface area contributed by atoms with Crippen molar-refractivity contribution in [3.05, 3.63) is 0 Å². The summed E-state index contributed by atoms with van der Waals surface area (Å²) in [6.07, 6.45) is 4.63. The molecule has 1 saturated heterocycles. The molecular weight excluding hydrogens is 232 g/mol. The molecule has 0 radical (unpaired) electrons. The van der Waals surface area contributed by atoms with Gasteiger partial charge in [-0.05, 0) is 38.4 Å². The molecular formula is C13H26N2OS. The zero-order chi connectivity index (χ0) is 12.7. The maximum absolute atomic E-state index is 11.9. The minimum atomic E-state index is -0.0724. The lowest BCUT2D eigenvalue weighted by atomic mass is 10.1. The second-order valence-electron chi connectivity index (χ2n) is 4.79. The molecule has 100 valence electrons. The summed E-state index contributed by atoms with van der Waals surface area (Å²) < 4.78 is 0. The number of nitrogens with one attached hydrogen (secondary N) is 2. The summed E-state index contributed by atoms with van der Waals surface area (Å²) in [5.41, 5.74) is 0. The number of carbonyl (C=O) groups is 1. The first-order valence-corrected chi connectivity index (χ1v) is 7.87. The van der Waals surface area contributed by atoms with E-state index in [0.29, 0.717) is 11.3 Å². The highest BCUT2D eigenvalue weighted by atomic mass is 32.2. The van der Waals surface area contributed by atoms with Crippen LogP contribution in [0, 0.1) is 0 Å². The average molecular weight is 258 g/mol. The van der Waals surface area contributed by atoms with Gasteiger partial charge in [0, 0.05) is 17.8 Å². The Balaban J connectivity index is 2.21. The van der Waals surface area contributed by atoms with E-state index in [-0.39, 0.29) is 11.9 Å². The van der Waals surface area contributed by atoms with Gasteiger partial charge in [0.25, 0.3) is 0 Å². The molecule has 2 unspecified atom stereocenters. The largest absolute Gasteiger partial charge is 0.352 e. The van der Waals surface area contributed by atoms with E-state index in [1.807, 2.05) is 18.7 Å². The highest BCUT2D eigenvalue weighted by Gasteiger charge is 2.19.